The van der Waals surface area contributed by atoms with Gasteiger partial charge < -0.3 is 4.90 Å². The second-order valence-corrected chi connectivity index (χ2v) is 5.47. The van der Waals surface area contributed by atoms with Crippen LogP contribution in [0.1, 0.15) is 52.4 Å². The smallest absolute Gasteiger partial charge is 0.251 e. The number of hydrogen-bond donors (Lipinski definition) is 0. The molecule has 0 saturated heterocycles. The molecule has 0 aromatic rings. The normalized spacial score (nSPS) is 24.0. The third kappa shape index (κ3) is 2.77. The Hall–Kier alpha value is -0.830. The molecule has 1 aliphatic heterocycles. The molecule has 0 radical (unpaired) electrons. The van der Waals surface area contributed by atoms with E-state index >= 15 is 0 Å². The second kappa shape index (κ2) is 6.37. The molecule has 0 bridgehead atoms. The molecular weight excluding hydrogens is 224 g/mol. The van der Waals surface area contributed by atoms with Crippen LogP contribution in [0.2, 0.25) is 0 Å². The van der Waals surface area contributed by atoms with Gasteiger partial charge in [-0.1, -0.05) is 33.1 Å². The topological polar surface area (TPSA) is 23.6 Å². The zero-order chi connectivity index (χ0) is 13.8. The minimum atomic E-state index is -0.211. The van der Waals surface area contributed by atoms with Gasteiger partial charge in [0.05, 0.1) is 0 Å². The van der Waals surface area contributed by atoms with Crippen molar-refractivity contribution in [2.75, 3.05) is 21.1 Å². The average molecular weight is 252 g/mol. The second-order valence-electron chi connectivity index (χ2n) is 5.47. The van der Waals surface area contributed by atoms with Crippen LogP contribution < -0.4 is 0 Å². The number of unbranched alkanes of at least 4 members (excludes halogenated alkanes) is 3. The molecular formula is C15H28N2O. The van der Waals surface area contributed by atoms with Gasteiger partial charge in [-0.05, 0) is 39.4 Å². The van der Waals surface area contributed by atoms with E-state index in [-0.39, 0.29) is 11.6 Å². The zero-order valence-electron chi connectivity index (χ0n) is 12.6. The summed E-state index contributed by atoms with van der Waals surface area (Å²) in [6.45, 7) is 4.35. The predicted octanol–water partition coefficient (Wildman–Crippen LogP) is 3.02. The van der Waals surface area contributed by atoms with Crippen LogP contribution in [0.3, 0.4) is 0 Å². The van der Waals surface area contributed by atoms with Crippen LogP contribution in [0.5, 0.6) is 0 Å². The zero-order valence-corrected chi connectivity index (χ0v) is 12.6. The Balaban J connectivity index is 2.73. The summed E-state index contributed by atoms with van der Waals surface area (Å²) < 4.78 is 0. The summed E-state index contributed by atoms with van der Waals surface area (Å²) in [6, 6.07) is 0. The quantitative estimate of drug-likeness (QED) is 0.650. The molecule has 1 rings (SSSR count). The highest BCUT2D eigenvalue weighted by molar-refractivity contribution is 5.96. The van der Waals surface area contributed by atoms with Crippen LogP contribution in [0, 0.1) is 0 Å². The van der Waals surface area contributed by atoms with Gasteiger partial charge in [-0.3, -0.25) is 9.69 Å². The maximum Gasteiger partial charge on any atom is 0.251 e. The van der Waals surface area contributed by atoms with Crippen molar-refractivity contribution < 1.29 is 4.79 Å². The fraction of sp³-hybridized carbons (Fsp3) is 0.800. The minimum absolute atomic E-state index is 0.210. The van der Waals surface area contributed by atoms with Crippen molar-refractivity contribution in [3.63, 3.8) is 0 Å². The van der Waals surface area contributed by atoms with E-state index in [1.54, 1.807) is 0 Å². The predicted molar refractivity (Wildman–Crippen MR) is 76.3 cm³/mol. The van der Waals surface area contributed by atoms with Crippen molar-refractivity contribution in [1.29, 1.82) is 0 Å². The lowest BCUT2D eigenvalue weighted by atomic mass is 10.0. The number of rotatable bonds is 7. The van der Waals surface area contributed by atoms with Gasteiger partial charge in [-0.25, -0.2) is 0 Å². The van der Waals surface area contributed by atoms with Crippen molar-refractivity contribution in [3.05, 3.63) is 11.6 Å². The van der Waals surface area contributed by atoms with E-state index in [2.05, 4.69) is 24.8 Å². The van der Waals surface area contributed by atoms with Crippen molar-refractivity contribution in [3.8, 4) is 0 Å². The molecule has 1 atom stereocenters. The first kappa shape index (κ1) is 15.2. The van der Waals surface area contributed by atoms with Crippen molar-refractivity contribution >= 4 is 5.91 Å². The Labute approximate surface area is 112 Å². The molecule has 18 heavy (non-hydrogen) atoms. The summed E-state index contributed by atoms with van der Waals surface area (Å²) in [7, 11) is 6.01. The van der Waals surface area contributed by atoms with Crippen LogP contribution in [-0.2, 0) is 4.79 Å². The lowest BCUT2D eigenvalue weighted by molar-refractivity contribution is -0.132. The summed E-state index contributed by atoms with van der Waals surface area (Å²) in [5.74, 6) is 0.210. The highest BCUT2D eigenvalue weighted by Gasteiger charge is 2.42. The summed E-state index contributed by atoms with van der Waals surface area (Å²) in [5.41, 5.74) is 0.793. The fourth-order valence-corrected chi connectivity index (χ4v) is 2.83. The molecule has 1 heterocycles. The Morgan fingerprint density at radius 3 is 2.33 bits per heavy atom. The van der Waals surface area contributed by atoms with Gasteiger partial charge in [0.25, 0.3) is 5.91 Å². The summed E-state index contributed by atoms with van der Waals surface area (Å²) in [6.07, 6.45) is 8.91. The molecule has 0 aromatic carbocycles. The monoisotopic (exact) mass is 252 g/mol. The number of amides is 1. The first-order chi connectivity index (χ1) is 8.49. The molecule has 3 nitrogen and oxygen atoms in total. The summed E-state index contributed by atoms with van der Waals surface area (Å²) in [4.78, 5) is 16.3. The Morgan fingerprint density at radius 2 is 1.89 bits per heavy atom. The number of likely N-dealkylation sites (N-methyl/N-ethyl adjacent to an activating group) is 2. The molecule has 1 aliphatic rings. The lowest BCUT2D eigenvalue weighted by Crippen LogP contribution is -2.53. The van der Waals surface area contributed by atoms with Gasteiger partial charge in [-0.2, -0.15) is 0 Å². The van der Waals surface area contributed by atoms with Crippen LogP contribution >= 0.6 is 0 Å². The van der Waals surface area contributed by atoms with Gasteiger partial charge >= 0.3 is 0 Å². The number of carbonyl (C=O) groups is 1. The van der Waals surface area contributed by atoms with E-state index in [1.165, 1.54) is 19.3 Å². The van der Waals surface area contributed by atoms with Gasteiger partial charge in [0.2, 0.25) is 0 Å². The number of nitrogens with zero attached hydrogens (tertiary/aromatic N) is 2. The molecule has 3 heteroatoms. The molecule has 0 N–H and O–H groups in total. The van der Waals surface area contributed by atoms with Gasteiger partial charge in [0.15, 0.2) is 0 Å². The first-order valence-electron chi connectivity index (χ1n) is 7.17. The van der Waals surface area contributed by atoms with Gasteiger partial charge in [0.1, 0.15) is 5.66 Å². The highest BCUT2D eigenvalue weighted by Crippen LogP contribution is 2.33. The highest BCUT2D eigenvalue weighted by atomic mass is 16.2. The standard InChI is InChI=1S/C15H28N2O/c1-6-8-9-10-11-13-12-15(7-2,16(3)4)17(5)14(13)18/h12H,6-11H2,1-5H3/t15-/m1/s1. The van der Waals surface area contributed by atoms with E-state index in [4.69, 9.17) is 0 Å². The van der Waals surface area contributed by atoms with E-state index < -0.39 is 0 Å². The number of carbonyl (C=O) groups excluding carboxylic acids is 1. The minimum Gasteiger partial charge on any atom is -0.320 e. The SMILES string of the molecule is CCCCCCC1=C[C@](CC)(N(C)C)N(C)C1=O. The van der Waals surface area contributed by atoms with Crippen LogP contribution in [-0.4, -0.2) is 42.5 Å². The third-order valence-electron chi connectivity index (χ3n) is 4.16. The molecule has 0 aliphatic carbocycles. The molecule has 0 fully saturated rings. The van der Waals surface area contributed by atoms with E-state index in [1.807, 2.05) is 26.0 Å². The largest absolute Gasteiger partial charge is 0.320 e. The Kier molecular flexibility index (Phi) is 5.39. The van der Waals surface area contributed by atoms with Crippen molar-refractivity contribution in [1.82, 2.24) is 9.80 Å². The van der Waals surface area contributed by atoms with Crippen LogP contribution in [0.25, 0.3) is 0 Å². The Morgan fingerprint density at radius 1 is 1.22 bits per heavy atom. The van der Waals surface area contributed by atoms with E-state index in [0.29, 0.717) is 0 Å². The Bertz CT molecular complexity index is 322. The van der Waals surface area contributed by atoms with E-state index in [0.717, 1.165) is 24.8 Å². The van der Waals surface area contributed by atoms with Gasteiger partial charge in [-0.15, -0.1) is 0 Å². The van der Waals surface area contributed by atoms with Crippen LogP contribution in [0.4, 0.5) is 0 Å². The molecule has 0 unspecified atom stereocenters. The third-order valence-corrected chi connectivity index (χ3v) is 4.16. The first-order valence-corrected chi connectivity index (χ1v) is 7.17. The molecule has 0 spiro atoms. The molecule has 104 valence electrons. The molecule has 1 amide bonds. The fourth-order valence-electron chi connectivity index (χ4n) is 2.83. The lowest BCUT2D eigenvalue weighted by Gasteiger charge is -2.40. The maximum absolute atomic E-state index is 12.3. The number of hydrogen-bond acceptors (Lipinski definition) is 2. The average Bonchev–Trinajstić information content (AvgIpc) is 2.60. The van der Waals surface area contributed by atoms with Crippen LogP contribution in [0.15, 0.2) is 11.6 Å². The van der Waals surface area contributed by atoms with Crippen molar-refractivity contribution in [2.45, 2.75) is 58.0 Å². The molecule has 0 saturated carbocycles. The van der Waals surface area contributed by atoms with Gasteiger partial charge in [0, 0.05) is 12.6 Å². The van der Waals surface area contributed by atoms with Crippen molar-refractivity contribution in [2.24, 2.45) is 0 Å². The maximum atomic E-state index is 12.3. The summed E-state index contributed by atoms with van der Waals surface area (Å²) in [5, 5.41) is 0. The van der Waals surface area contributed by atoms with E-state index in [9.17, 15) is 4.79 Å². The summed E-state index contributed by atoms with van der Waals surface area (Å²) >= 11 is 0. The molecule has 0 aromatic heterocycles.